The van der Waals surface area contributed by atoms with Crippen LogP contribution >= 0.6 is 0 Å². The summed E-state index contributed by atoms with van der Waals surface area (Å²) < 4.78 is 4.79. The van der Waals surface area contributed by atoms with E-state index < -0.39 is 17.0 Å². The highest BCUT2D eigenvalue weighted by Crippen LogP contribution is 2.58. The maximum absolute atomic E-state index is 11.9. The molecule has 0 aliphatic heterocycles. The first kappa shape index (κ1) is 16.6. The third kappa shape index (κ3) is 2.68. The largest absolute Gasteiger partial charge is 0.465 e. The quantitative estimate of drug-likeness (QED) is 0.685. The second-order valence-electron chi connectivity index (χ2n) is 6.73. The lowest BCUT2D eigenvalue weighted by molar-refractivity contribution is -0.00659. The van der Waals surface area contributed by atoms with Crippen LogP contribution in [0.25, 0.3) is 0 Å². The minimum atomic E-state index is -1.30. The van der Waals surface area contributed by atoms with Gasteiger partial charge in [-0.3, -0.25) is 0 Å². The molecule has 1 N–H and O–H groups in total. The number of hydrogen-bond acceptors (Lipinski definition) is 4. The highest BCUT2D eigenvalue weighted by atomic mass is 16.5. The summed E-state index contributed by atoms with van der Waals surface area (Å²) in [6.07, 6.45) is 5.29. The van der Waals surface area contributed by atoms with Gasteiger partial charge in [-0.05, 0) is 37.8 Å². The molecule has 0 bridgehead atoms. The molecule has 0 spiro atoms. The Morgan fingerprint density at radius 2 is 2.00 bits per heavy atom. The van der Waals surface area contributed by atoms with Crippen LogP contribution < -0.4 is 0 Å². The van der Waals surface area contributed by atoms with Gasteiger partial charge in [-0.1, -0.05) is 36.8 Å². The second kappa shape index (κ2) is 6.30. The highest BCUT2D eigenvalue weighted by molar-refractivity contribution is 5.92. The van der Waals surface area contributed by atoms with Crippen molar-refractivity contribution in [3.05, 3.63) is 35.4 Å². The van der Waals surface area contributed by atoms with Crippen molar-refractivity contribution in [2.24, 2.45) is 11.3 Å². The normalized spacial score (nSPS) is 21.0. The van der Waals surface area contributed by atoms with Crippen molar-refractivity contribution in [2.75, 3.05) is 7.11 Å². The standard InChI is InChI=1S/C20H21NO3/c1-24-18(22)17-9-5-2-6-15(17)10-11-20(23,16-7-3-4-8-16)19(14-21)12-13-19/h2,5-6,9,16,23H,3-4,7-8,12-13H2,1H3. The molecule has 3 rings (SSSR count). The molecular formula is C20H21NO3. The van der Waals surface area contributed by atoms with E-state index in [2.05, 4.69) is 17.9 Å². The summed E-state index contributed by atoms with van der Waals surface area (Å²) in [4.78, 5) is 11.9. The van der Waals surface area contributed by atoms with Gasteiger partial charge in [0.25, 0.3) is 0 Å². The van der Waals surface area contributed by atoms with Gasteiger partial charge in [0, 0.05) is 11.5 Å². The van der Waals surface area contributed by atoms with Crippen molar-refractivity contribution < 1.29 is 14.6 Å². The van der Waals surface area contributed by atoms with Crippen molar-refractivity contribution in [1.29, 1.82) is 5.26 Å². The summed E-state index contributed by atoms with van der Waals surface area (Å²) in [5.41, 5.74) is -1.16. The molecule has 2 aliphatic carbocycles. The molecule has 24 heavy (non-hydrogen) atoms. The molecule has 2 saturated carbocycles. The van der Waals surface area contributed by atoms with Gasteiger partial charge in [0.15, 0.2) is 0 Å². The molecule has 4 nitrogen and oxygen atoms in total. The smallest absolute Gasteiger partial charge is 0.339 e. The molecule has 1 aromatic carbocycles. The van der Waals surface area contributed by atoms with Gasteiger partial charge < -0.3 is 9.84 Å². The van der Waals surface area contributed by atoms with Crippen molar-refractivity contribution in [2.45, 2.75) is 44.1 Å². The van der Waals surface area contributed by atoms with Gasteiger partial charge in [0.1, 0.15) is 5.60 Å². The molecule has 0 aromatic heterocycles. The predicted molar refractivity (Wildman–Crippen MR) is 88.8 cm³/mol. The number of hydrogen-bond donors (Lipinski definition) is 1. The average molecular weight is 323 g/mol. The third-order valence-corrected chi connectivity index (χ3v) is 5.36. The SMILES string of the molecule is COC(=O)c1ccccc1C#CC(O)(C1CCCC1)C1(C#N)CC1. The number of nitriles is 1. The van der Waals surface area contributed by atoms with Crippen LogP contribution in [0.4, 0.5) is 0 Å². The Balaban J connectivity index is 2.01. The summed E-state index contributed by atoms with van der Waals surface area (Å²) in [6, 6.07) is 9.24. The van der Waals surface area contributed by atoms with Gasteiger partial charge in [-0.25, -0.2) is 4.79 Å². The van der Waals surface area contributed by atoms with Crippen molar-refractivity contribution in [3.8, 4) is 17.9 Å². The van der Waals surface area contributed by atoms with E-state index in [0.717, 1.165) is 25.7 Å². The van der Waals surface area contributed by atoms with Crippen LogP contribution in [0.1, 0.15) is 54.4 Å². The number of esters is 1. The molecule has 1 unspecified atom stereocenters. The van der Waals surface area contributed by atoms with Crippen LogP contribution in [-0.4, -0.2) is 23.8 Å². The molecule has 2 fully saturated rings. The Labute approximate surface area is 142 Å². The zero-order valence-corrected chi connectivity index (χ0v) is 13.8. The number of methoxy groups -OCH3 is 1. The lowest BCUT2D eigenvalue weighted by Crippen LogP contribution is -2.44. The number of benzene rings is 1. The molecule has 0 amide bonds. The van der Waals surface area contributed by atoms with E-state index in [-0.39, 0.29) is 5.92 Å². The van der Waals surface area contributed by atoms with Crippen LogP contribution in [0.5, 0.6) is 0 Å². The molecule has 0 heterocycles. The first-order valence-electron chi connectivity index (χ1n) is 8.40. The van der Waals surface area contributed by atoms with Gasteiger partial charge in [0.2, 0.25) is 0 Å². The highest BCUT2D eigenvalue weighted by Gasteiger charge is 2.62. The van der Waals surface area contributed by atoms with Gasteiger partial charge >= 0.3 is 5.97 Å². The third-order valence-electron chi connectivity index (χ3n) is 5.36. The maximum atomic E-state index is 11.9. The summed E-state index contributed by atoms with van der Waals surface area (Å²) in [6.45, 7) is 0. The predicted octanol–water partition coefficient (Wildman–Crippen LogP) is 3.05. The maximum Gasteiger partial charge on any atom is 0.339 e. The molecule has 0 radical (unpaired) electrons. The second-order valence-corrected chi connectivity index (χ2v) is 6.73. The van der Waals surface area contributed by atoms with E-state index in [9.17, 15) is 15.2 Å². The molecule has 124 valence electrons. The van der Waals surface area contributed by atoms with E-state index in [0.29, 0.717) is 24.0 Å². The Morgan fingerprint density at radius 1 is 1.33 bits per heavy atom. The summed E-state index contributed by atoms with van der Waals surface area (Å²) in [5, 5.41) is 20.9. The molecular weight excluding hydrogens is 302 g/mol. The number of nitrogens with zero attached hydrogens (tertiary/aromatic N) is 1. The Bertz CT molecular complexity index is 742. The summed E-state index contributed by atoms with van der Waals surface area (Å²) >= 11 is 0. The van der Waals surface area contributed by atoms with Gasteiger partial charge in [0.05, 0.1) is 24.2 Å². The zero-order valence-electron chi connectivity index (χ0n) is 13.8. The van der Waals surface area contributed by atoms with Crippen LogP contribution in [0, 0.1) is 34.5 Å². The Hall–Kier alpha value is -2.30. The van der Waals surface area contributed by atoms with Crippen LogP contribution in [0.2, 0.25) is 0 Å². The fraction of sp³-hybridized carbons (Fsp3) is 0.500. The summed E-state index contributed by atoms with van der Waals surface area (Å²) in [7, 11) is 1.33. The fourth-order valence-corrected chi connectivity index (χ4v) is 3.70. The topological polar surface area (TPSA) is 70.3 Å². The number of aliphatic hydroxyl groups is 1. The minimum absolute atomic E-state index is 0.0254. The Morgan fingerprint density at radius 3 is 2.58 bits per heavy atom. The van der Waals surface area contributed by atoms with E-state index in [1.54, 1.807) is 24.3 Å². The van der Waals surface area contributed by atoms with Gasteiger partial charge in [-0.15, -0.1) is 0 Å². The lowest BCUT2D eigenvalue weighted by Gasteiger charge is -2.33. The zero-order chi connectivity index (χ0) is 17.2. The van der Waals surface area contributed by atoms with E-state index >= 15 is 0 Å². The van der Waals surface area contributed by atoms with E-state index in [4.69, 9.17) is 4.74 Å². The van der Waals surface area contributed by atoms with E-state index in [1.165, 1.54) is 7.11 Å². The average Bonchev–Trinajstić information content (AvgIpc) is 3.24. The van der Waals surface area contributed by atoms with Crippen molar-refractivity contribution in [1.82, 2.24) is 0 Å². The van der Waals surface area contributed by atoms with Crippen LogP contribution in [0.15, 0.2) is 24.3 Å². The first-order chi connectivity index (χ1) is 11.6. The van der Waals surface area contributed by atoms with Gasteiger partial charge in [-0.2, -0.15) is 5.26 Å². The number of carbonyl (C=O) groups is 1. The number of ether oxygens (including phenoxy) is 1. The first-order valence-corrected chi connectivity index (χ1v) is 8.40. The monoisotopic (exact) mass is 323 g/mol. The van der Waals surface area contributed by atoms with E-state index in [1.807, 2.05) is 0 Å². The van der Waals surface area contributed by atoms with Crippen LogP contribution in [0.3, 0.4) is 0 Å². The Kier molecular flexibility index (Phi) is 4.35. The summed E-state index contributed by atoms with van der Waals surface area (Å²) in [5.74, 6) is 5.55. The minimum Gasteiger partial charge on any atom is -0.465 e. The molecule has 1 aromatic rings. The van der Waals surface area contributed by atoms with Crippen molar-refractivity contribution >= 4 is 5.97 Å². The fourth-order valence-electron chi connectivity index (χ4n) is 3.70. The number of rotatable bonds is 3. The molecule has 2 aliphatic rings. The molecule has 1 atom stereocenters. The van der Waals surface area contributed by atoms with Crippen molar-refractivity contribution in [3.63, 3.8) is 0 Å². The molecule has 4 heteroatoms. The van der Waals surface area contributed by atoms with Crippen LogP contribution in [-0.2, 0) is 4.74 Å². The number of carbonyl (C=O) groups excluding carboxylic acids is 1. The lowest BCUT2D eigenvalue weighted by atomic mass is 9.74. The molecule has 0 saturated heterocycles.